The summed E-state index contributed by atoms with van der Waals surface area (Å²) in [5, 5.41) is 8.40. The lowest BCUT2D eigenvalue weighted by molar-refractivity contribution is 0.0195. The Balaban J connectivity index is 1.53. The number of benzene rings is 2. The summed E-state index contributed by atoms with van der Waals surface area (Å²) in [6.07, 6.45) is 2.17. The lowest BCUT2D eigenvalue weighted by atomic mass is 9.95. The van der Waals surface area contributed by atoms with Crippen LogP contribution in [-0.4, -0.2) is 34.5 Å². The quantitative estimate of drug-likeness (QED) is 0.760. The molecule has 5 heteroatoms. The molecule has 138 valence electrons. The zero-order valence-electron chi connectivity index (χ0n) is 15.3. The van der Waals surface area contributed by atoms with Gasteiger partial charge < -0.3 is 10.1 Å². The first-order valence-corrected chi connectivity index (χ1v) is 9.72. The van der Waals surface area contributed by atoms with E-state index in [1.165, 1.54) is 11.1 Å². The summed E-state index contributed by atoms with van der Waals surface area (Å²) in [5.41, 5.74) is 2.51. The molecule has 1 atom stereocenters. The maximum Gasteiger partial charge on any atom is 0.161 e. The topological polar surface area (TPSA) is 52.0 Å². The Bertz CT molecular complexity index is 897. The average Bonchev–Trinajstić information content (AvgIpc) is 3.45. The minimum Gasteiger partial charge on any atom is -0.368 e. The molecule has 2 heterocycles. The first-order chi connectivity index (χ1) is 13.4. The number of ether oxygens (including phenoxy) is 1. The Morgan fingerprint density at radius 1 is 1.04 bits per heavy atom. The molecule has 27 heavy (non-hydrogen) atoms. The molecule has 0 bridgehead atoms. The van der Waals surface area contributed by atoms with Crippen LogP contribution >= 0.6 is 0 Å². The Labute approximate surface area is 159 Å². The smallest absolute Gasteiger partial charge is 0.161 e. The highest BCUT2D eigenvalue weighted by molar-refractivity contribution is 5.39. The summed E-state index contributed by atoms with van der Waals surface area (Å²) in [6, 6.07) is 21.1. The molecule has 2 aliphatic rings. The van der Waals surface area contributed by atoms with Crippen molar-refractivity contribution in [3.05, 3.63) is 83.4 Å². The third-order valence-electron chi connectivity index (χ3n) is 5.60. The van der Waals surface area contributed by atoms with Crippen LogP contribution in [0.3, 0.4) is 0 Å². The highest BCUT2D eigenvalue weighted by Gasteiger charge is 2.50. The van der Waals surface area contributed by atoms with E-state index in [-0.39, 0.29) is 11.5 Å². The van der Waals surface area contributed by atoms with Crippen LogP contribution in [0.5, 0.6) is 0 Å². The van der Waals surface area contributed by atoms with E-state index < -0.39 is 0 Å². The van der Waals surface area contributed by atoms with Crippen LogP contribution in [-0.2, 0) is 16.7 Å². The van der Waals surface area contributed by atoms with Crippen LogP contribution in [0, 0.1) is 0 Å². The second kappa shape index (κ2) is 6.91. The van der Waals surface area contributed by atoms with E-state index in [4.69, 9.17) is 14.8 Å². The van der Waals surface area contributed by atoms with Gasteiger partial charge >= 0.3 is 0 Å². The molecule has 2 aromatic carbocycles. The Hall–Kier alpha value is -2.50. The first kappa shape index (κ1) is 16.7. The molecule has 1 aromatic heterocycles. The minimum atomic E-state index is -0.0460. The van der Waals surface area contributed by atoms with E-state index in [0.29, 0.717) is 13.2 Å². The Kier molecular flexibility index (Phi) is 4.26. The van der Waals surface area contributed by atoms with Crippen molar-refractivity contribution >= 4 is 0 Å². The summed E-state index contributed by atoms with van der Waals surface area (Å²) in [5.74, 6) is 1.87. The lowest BCUT2D eigenvalue weighted by Crippen LogP contribution is -2.35. The van der Waals surface area contributed by atoms with Gasteiger partial charge in [0, 0.05) is 13.1 Å². The molecule has 5 rings (SSSR count). The molecule has 2 fully saturated rings. The molecule has 5 nitrogen and oxygen atoms in total. The maximum absolute atomic E-state index is 6.01. The Morgan fingerprint density at radius 3 is 2.44 bits per heavy atom. The van der Waals surface area contributed by atoms with Gasteiger partial charge in [-0.15, -0.1) is 0 Å². The monoisotopic (exact) mass is 360 g/mol. The van der Waals surface area contributed by atoms with Crippen molar-refractivity contribution in [3.63, 3.8) is 0 Å². The molecule has 1 N–H and O–H groups in total. The molecule has 0 amide bonds. The van der Waals surface area contributed by atoms with Gasteiger partial charge in [0.25, 0.3) is 0 Å². The minimum absolute atomic E-state index is 0.0277. The van der Waals surface area contributed by atoms with E-state index in [0.717, 1.165) is 37.6 Å². The van der Waals surface area contributed by atoms with Gasteiger partial charge in [0.1, 0.15) is 6.10 Å². The molecule has 0 radical (unpaired) electrons. The van der Waals surface area contributed by atoms with Crippen molar-refractivity contribution in [2.24, 2.45) is 0 Å². The fourth-order valence-electron chi connectivity index (χ4n) is 3.92. The van der Waals surface area contributed by atoms with Gasteiger partial charge in [-0.2, -0.15) is 5.10 Å². The van der Waals surface area contributed by atoms with E-state index in [9.17, 15) is 0 Å². The van der Waals surface area contributed by atoms with Gasteiger partial charge in [0.2, 0.25) is 0 Å². The predicted molar refractivity (Wildman–Crippen MR) is 104 cm³/mol. The first-order valence-electron chi connectivity index (χ1n) is 9.72. The van der Waals surface area contributed by atoms with Gasteiger partial charge in [-0.05, 0) is 24.0 Å². The molecule has 1 saturated heterocycles. The third kappa shape index (κ3) is 3.17. The van der Waals surface area contributed by atoms with Crippen molar-refractivity contribution in [1.29, 1.82) is 0 Å². The molecule has 1 saturated carbocycles. The number of aromatic nitrogens is 3. The largest absolute Gasteiger partial charge is 0.368 e. The second-order valence-corrected chi connectivity index (χ2v) is 7.45. The molecule has 0 spiro atoms. The normalized spacial score (nSPS) is 21.1. The molecule has 0 unspecified atom stereocenters. The number of nitrogens with one attached hydrogen (secondary N) is 1. The van der Waals surface area contributed by atoms with Crippen LogP contribution < -0.4 is 5.32 Å². The van der Waals surface area contributed by atoms with E-state index in [1.54, 1.807) is 0 Å². The van der Waals surface area contributed by atoms with Gasteiger partial charge in [0.05, 0.1) is 18.6 Å². The van der Waals surface area contributed by atoms with Gasteiger partial charge in [-0.3, -0.25) is 0 Å². The molecule has 1 aliphatic heterocycles. The summed E-state index contributed by atoms with van der Waals surface area (Å²) < 4.78 is 8.06. The third-order valence-corrected chi connectivity index (χ3v) is 5.60. The fourth-order valence-corrected chi connectivity index (χ4v) is 3.92. The van der Waals surface area contributed by atoms with E-state index >= 15 is 0 Å². The summed E-state index contributed by atoms with van der Waals surface area (Å²) in [6.45, 7) is 3.10. The van der Waals surface area contributed by atoms with Crippen LogP contribution in [0.4, 0.5) is 0 Å². The second-order valence-electron chi connectivity index (χ2n) is 7.45. The number of hydrogen-bond acceptors (Lipinski definition) is 4. The van der Waals surface area contributed by atoms with Gasteiger partial charge in [-0.25, -0.2) is 9.67 Å². The van der Waals surface area contributed by atoms with Crippen LogP contribution in [0.15, 0.2) is 60.7 Å². The van der Waals surface area contributed by atoms with Crippen molar-refractivity contribution < 1.29 is 4.74 Å². The van der Waals surface area contributed by atoms with Gasteiger partial charge in [0.15, 0.2) is 11.6 Å². The molecule has 3 aromatic rings. The van der Waals surface area contributed by atoms with E-state index in [2.05, 4.69) is 59.9 Å². The average molecular weight is 360 g/mol. The summed E-state index contributed by atoms with van der Waals surface area (Å²) >= 11 is 0. The molecule has 1 aliphatic carbocycles. The zero-order chi connectivity index (χ0) is 18.1. The fraction of sp³-hybridized carbons (Fsp3) is 0.364. The summed E-state index contributed by atoms with van der Waals surface area (Å²) in [4.78, 5) is 5.03. The number of rotatable bonds is 5. The van der Waals surface area contributed by atoms with Crippen LogP contribution in [0.1, 0.15) is 41.7 Å². The van der Waals surface area contributed by atoms with Crippen molar-refractivity contribution in [3.8, 4) is 0 Å². The van der Waals surface area contributed by atoms with Crippen molar-refractivity contribution in [2.75, 3.05) is 19.7 Å². The molecular weight excluding hydrogens is 336 g/mol. The predicted octanol–water partition coefficient (Wildman–Crippen LogP) is 3.07. The molecular formula is C22H24N4O. The highest BCUT2D eigenvalue weighted by Crippen LogP contribution is 2.52. The van der Waals surface area contributed by atoms with E-state index in [1.807, 2.05) is 10.7 Å². The van der Waals surface area contributed by atoms with Crippen LogP contribution in [0.25, 0.3) is 0 Å². The Morgan fingerprint density at radius 2 is 1.78 bits per heavy atom. The van der Waals surface area contributed by atoms with Crippen molar-refractivity contribution in [1.82, 2.24) is 20.1 Å². The standard InChI is InChI=1S/C22H24N4O/c1-3-7-17(8-4-1)16-26-20(19-15-23-13-14-27-19)24-21(25-26)22(11-12-22)18-9-5-2-6-10-18/h1-10,19,23H,11-16H2/t19-/m0/s1. The lowest BCUT2D eigenvalue weighted by Gasteiger charge is -2.23. The highest BCUT2D eigenvalue weighted by atomic mass is 16.5. The number of morpholine rings is 1. The number of hydrogen-bond donors (Lipinski definition) is 1. The number of nitrogens with zero attached hydrogens (tertiary/aromatic N) is 3. The SMILES string of the molecule is c1ccc(Cn2nc(C3(c4ccccc4)CC3)nc2[C@@H]2CNCCO2)cc1. The summed E-state index contributed by atoms with van der Waals surface area (Å²) in [7, 11) is 0. The van der Waals surface area contributed by atoms with Crippen LogP contribution in [0.2, 0.25) is 0 Å². The maximum atomic E-state index is 6.01. The zero-order valence-corrected chi connectivity index (χ0v) is 15.3. The van der Waals surface area contributed by atoms with Crippen molar-refractivity contribution in [2.45, 2.75) is 30.9 Å². The van der Waals surface area contributed by atoms with Gasteiger partial charge in [-0.1, -0.05) is 60.7 Å².